The number of halogens is 2. The van der Waals surface area contributed by atoms with Crippen LogP contribution in [-0.4, -0.2) is 27.8 Å². The number of hydrogen-bond acceptors (Lipinski definition) is 3. The summed E-state index contributed by atoms with van der Waals surface area (Å²) in [6.45, 7) is 0.853. The Bertz CT molecular complexity index is 478. The molecule has 18 heavy (non-hydrogen) atoms. The van der Waals surface area contributed by atoms with Gasteiger partial charge in [0.15, 0.2) is 0 Å². The van der Waals surface area contributed by atoms with E-state index in [4.69, 9.17) is 11.6 Å². The fourth-order valence-corrected chi connectivity index (χ4v) is 3.61. The lowest BCUT2D eigenvalue weighted by Gasteiger charge is -2.34. The van der Waals surface area contributed by atoms with Gasteiger partial charge in [0.1, 0.15) is 10.9 Å². The Morgan fingerprint density at radius 2 is 2.06 bits per heavy atom. The second-order valence-corrected chi connectivity index (χ2v) is 6.34. The SMILES string of the molecule is O=C1C[C@H]2CC[C@@H](C1)N2Cc1cc(Cl)ncc1Br. The third-order valence-electron chi connectivity index (χ3n) is 3.95. The molecule has 0 N–H and O–H groups in total. The molecule has 0 aromatic carbocycles. The molecule has 3 rings (SSSR count). The Balaban J connectivity index is 1.81. The van der Waals surface area contributed by atoms with E-state index in [0.29, 0.717) is 35.9 Å². The number of aromatic nitrogens is 1. The second kappa shape index (κ2) is 4.91. The third kappa shape index (κ3) is 2.33. The van der Waals surface area contributed by atoms with Crippen molar-refractivity contribution < 1.29 is 4.79 Å². The fourth-order valence-electron chi connectivity index (χ4n) is 3.09. The Morgan fingerprint density at radius 1 is 1.39 bits per heavy atom. The summed E-state index contributed by atoms with van der Waals surface area (Å²) in [4.78, 5) is 18.1. The summed E-state index contributed by atoms with van der Waals surface area (Å²) in [5.74, 6) is 0.422. The van der Waals surface area contributed by atoms with Crippen molar-refractivity contribution in [1.29, 1.82) is 0 Å². The molecule has 1 aromatic rings. The van der Waals surface area contributed by atoms with Crippen LogP contribution in [0.15, 0.2) is 16.7 Å². The molecule has 2 aliphatic rings. The number of hydrogen-bond donors (Lipinski definition) is 0. The topological polar surface area (TPSA) is 33.2 Å². The number of carbonyl (C=O) groups is 1. The summed E-state index contributed by atoms with van der Waals surface area (Å²) < 4.78 is 0.989. The van der Waals surface area contributed by atoms with E-state index in [0.717, 1.165) is 29.4 Å². The van der Waals surface area contributed by atoms with Crippen LogP contribution in [0.25, 0.3) is 0 Å². The zero-order valence-corrected chi connectivity index (χ0v) is 12.2. The minimum atomic E-state index is 0.422. The predicted molar refractivity (Wildman–Crippen MR) is 73.5 cm³/mol. The highest BCUT2D eigenvalue weighted by molar-refractivity contribution is 9.10. The van der Waals surface area contributed by atoms with Crippen molar-refractivity contribution in [2.45, 2.75) is 44.3 Å². The van der Waals surface area contributed by atoms with Gasteiger partial charge in [-0.15, -0.1) is 0 Å². The number of nitrogens with zero attached hydrogens (tertiary/aromatic N) is 2. The van der Waals surface area contributed by atoms with E-state index in [1.807, 2.05) is 6.07 Å². The maximum Gasteiger partial charge on any atom is 0.136 e. The predicted octanol–water partition coefficient (Wildman–Crippen LogP) is 3.19. The van der Waals surface area contributed by atoms with Crippen LogP contribution in [0.1, 0.15) is 31.2 Å². The summed E-state index contributed by atoms with van der Waals surface area (Å²) >= 11 is 9.46. The molecule has 0 radical (unpaired) electrons. The van der Waals surface area contributed by atoms with Crippen LogP contribution >= 0.6 is 27.5 Å². The third-order valence-corrected chi connectivity index (χ3v) is 4.87. The molecule has 3 nitrogen and oxygen atoms in total. The van der Waals surface area contributed by atoms with Crippen molar-refractivity contribution in [1.82, 2.24) is 9.88 Å². The van der Waals surface area contributed by atoms with Crippen LogP contribution in [0.5, 0.6) is 0 Å². The largest absolute Gasteiger partial charge is 0.300 e. The van der Waals surface area contributed by atoms with Gasteiger partial charge in [-0.05, 0) is 40.4 Å². The summed E-state index contributed by atoms with van der Waals surface area (Å²) in [6, 6.07) is 2.76. The van der Waals surface area contributed by atoms with Crippen LogP contribution in [0.2, 0.25) is 5.15 Å². The zero-order valence-electron chi connectivity index (χ0n) is 9.90. The zero-order chi connectivity index (χ0) is 12.7. The lowest BCUT2D eigenvalue weighted by atomic mass is 10.0. The highest BCUT2D eigenvalue weighted by atomic mass is 79.9. The van der Waals surface area contributed by atoms with Crippen molar-refractivity contribution in [3.05, 3.63) is 27.5 Å². The van der Waals surface area contributed by atoms with Crippen molar-refractivity contribution in [3.63, 3.8) is 0 Å². The van der Waals surface area contributed by atoms with Gasteiger partial charge in [-0.25, -0.2) is 4.98 Å². The molecule has 0 saturated carbocycles. The van der Waals surface area contributed by atoms with Gasteiger partial charge in [-0.2, -0.15) is 0 Å². The number of fused-ring (bicyclic) bond motifs is 2. The van der Waals surface area contributed by atoms with Gasteiger partial charge in [-0.3, -0.25) is 9.69 Å². The highest BCUT2D eigenvalue weighted by Gasteiger charge is 2.39. The van der Waals surface area contributed by atoms with E-state index in [1.165, 1.54) is 0 Å². The molecule has 96 valence electrons. The first-order valence-corrected chi connectivity index (χ1v) is 7.38. The molecule has 2 saturated heterocycles. The molecule has 0 unspecified atom stereocenters. The number of pyridine rings is 1. The van der Waals surface area contributed by atoms with E-state index >= 15 is 0 Å². The molecule has 5 heteroatoms. The van der Waals surface area contributed by atoms with Gasteiger partial charge in [0.2, 0.25) is 0 Å². The maximum atomic E-state index is 11.6. The molecule has 2 atom stereocenters. The molecule has 0 aliphatic carbocycles. The van der Waals surface area contributed by atoms with E-state index in [2.05, 4.69) is 25.8 Å². The Kier molecular flexibility index (Phi) is 3.43. The van der Waals surface area contributed by atoms with Crippen LogP contribution < -0.4 is 0 Å². The van der Waals surface area contributed by atoms with Crippen LogP contribution in [0, 0.1) is 0 Å². The Labute approximate surface area is 120 Å². The second-order valence-electron chi connectivity index (χ2n) is 5.10. The lowest BCUT2D eigenvalue weighted by Crippen LogP contribution is -2.42. The van der Waals surface area contributed by atoms with Crippen LogP contribution in [-0.2, 0) is 11.3 Å². The summed E-state index contributed by atoms with van der Waals surface area (Å²) in [6.07, 6.45) is 5.47. The first-order chi connectivity index (χ1) is 8.63. The molecule has 3 heterocycles. The average molecular weight is 330 g/mol. The molecule has 2 bridgehead atoms. The average Bonchev–Trinajstić information content (AvgIpc) is 2.57. The summed E-state index contributed by atoms with van der Waals surface area (Å²) in [5.41, 5.74) is 1.15. The van der Waals surface area contributed by atoms with E-state index in [1.54, 1.807) is 6.20 Å². The quantitative estimate of drug-likeness (QED) is 0.781. The number of carbonyl (C=O) groups excluding carboxylic acids is 1. The van der Waals surface area contributed by atoms with Crippen LogP contribution in [0.3, 0.4) is 0 Å². The monoisotopic (exact) mass is 328 g/mol. The fraction of sp³-hybridized carbons (Fsp3) is 0.538. The smallest absolute Gasteiger partial charge is 0.136 e. The molecular weight excluding hydrogens is 316 g/mol. The van der Waals surface area contributed by atoms with Gasteiger partial charge in [0.25, 0.3) is 0 Å². The van der Waals surface area contributed by atoms with Gasteiger partial charge < -0.3 is 0 Å². The number of piperidine rings is 1. The highest BCUT2D eigenvalue weighted by Crippen LogP contribution is 2.36. The number of Topliss-reactive ketones (excluding diaryl/α,β-unsaturated/α-hetero) is 1. The Morgan fingerprint density at radius 3 is 2.72 bits per heavy atom. The van der Waals surface area contributed by atoms with Crippen molar-refractivity contribution in [2.24, 2.45) is 0 Å². The minimum absolute atomic E-state index is 0.422. The molecule has 2 fully saturated rings. The molecule has 2 aliphatic heterocycles. The van der Waals surface area contributed by atoms with Crippen molar-refractivity contribution >= 4 is 33.3 Å². The van der Waals surface area contributed by atoms with Gasteiger partial charge in [-0.1, -0.05) is 11.6 Å². The summed E-state index contributed by atoms with van der Waals surface area (Å²) in [7, 11) is 0. The van der Waals surface area contributed by atoms with Gasteiger partial charge >= 0.3 is 0 Å². The minimum Gasteiger partial charge on any atom is -0.300 e. The van der Waals surface area contributed by atoms with Gasteiger partial charge in [0.05, 0.1) is 0 Å². The summed E-state index contributed by atoms with van der Waals surface area (Å²) in [5, 5.41) is 0.522. The number of ketones is 1. The molecular formula is C13H14BrClN2O. The van der Waals surface area contributed by atoms with E-state index < -0.39 is 0 Å². The molecule has 0 spiro atoms. The first-order valence-electron chi connectivity index (χ1n) is 6.21. The van der Waals surface area contributed by atoms with Crippen molar-refractivity contribution in [3.8, 4) is 0 Å². The maximum absolute atomic E-state index is 11.6. The molecule has 0 amide bonds. The van der Waals surface area contributed by atoms with Gasteiger partial charge in [0, 0.05) is 42.1 Å². The van der Waals surface area contributed by atoms with Crippen LogP contribution in [0.4, 0.5) is 0 Å². The molecule has 1 aromatic heterocycles. The lowest BCUT2D eigenvalue weighted by molar-refractivity contribution is -0.123. The number of rotatable bonds is 2. The van der Waals surface area contributed by atoms with E-state index in [-0.39, 0.29) is 0 Å². The first kappa shape index (κ1) is 12.6. The Hall–Kier alpha value is -0.450. The standard InChI is InChI=1S/C13H14BrClN2O/c14-12-6-16-13(15)3-8(12)7-17-9-1-2-10(17)5-11(18)4-9/h3,6,9-10H,1-2,4-5,7H2/t9-,10+. The van der Waals surface area contributed by atoms with Crippen molar-refractivity contribution in [2.75, 3.05) is 0 Å². The normalized spacial score (nSPS) is 27.8. The van der Waals surface area contributed by atoms with E-state index in [9.17, 15) is 4.79 Å².